The van der Waals surface area contributed by atoms with Gasteiger partial charge in [-0.05, 0) is 44.5 Å². The number of hydrogen-bond donors (Lipinski definition) is 2. The lowest BCUT2D eigenvalue weighted by Gasteiger charge is -2.14. The van der Waals surface area contributed by atoms with E-state index in [1.54, 1.807) is 30.0 Å². The molecule has 2 aromatic carbocycles. The summed E-state index contributed by atoms with van der Waals surface area (Å²) in [6, 6.07) is 14.9. The van der Waals surface area contributed by atoms with Crippen molar-refractivity contribution in [2.24, 2.45) is 0 Å². The van der Waals surface area contributed by atoms with E-state index in [1.165, 1.54) is 5.56 Å². The Morgan fingerprint density at radius 3 is 2.42 bits per heavy atom. The Hall–Kier alpha value is -1.98. The largest absolute Gasteiger partial charge is 0.350 e. The molecule has 0 saturated heterocycles. The maximum atomic E-state index is 12.5. The molecule has 0 saturated carbocycles. The zero-order chi connectivity index (χ0) is 19.1. The van der Waals surface area contributed by atoms with E-state index in [1.807, 2.05) is 51.1 Å². The normalized spacial score (nSPS) is 11.9. The van der Waals surface area contributed by atoms with E-state index in [9.17, 15) is 9.59 Å². The zero-order valence-electron chi connectivity index (χ0n) is 15.1. The average Bonchev–Trinajstić information content (AvgIpc) is 2.61. The van der Waals surface area contributed by atoms with Crippen molar-refractivity contribution in [2.75, 3.05) is 5.32 Å². The van der Waals surface area contributed by atoms with E-state index in [4.69, 9.17) is 11.6 Å². The van der Waals surface area contributed by atoms with Crippen LogP contribution >= 0.6 is 23.4 Å². The second-order valence-electron chi connectivity index (χ2n) is 6.25. The van der Waals surface area contributed by atoms with Gasteiger partial charge in [-0.1, -0.05) is 41.9 Å². The molecule has 2 aromatic rings. The molecule has 2 rings (SSSR count). The number of anilines is 1. The number of amides is 2. The molecule has 6 heteroatoms. The highest BCUT2D eigenvalue weighted by molar-refractivity contribution is 7.99. The number of thioether (sulfide) groups is 1. The maximum absolute atomic E-state index is 12.5. The van der Waals surface area contributed by atoms with Crippen LogP contribution in [0.5, 0.6) is 0 Å². The van der Waals surface area contributed by atoms with Crippen LogP contribution in [-0.2, 0) is 10.5 Å². The molecule has 0 aromatic heterocycles. The van der Waals surface area contributed by atoms with E-state index >= 15 is 0 Å². The molecule has 0 bridgehead atoms. The van der Waals surface area contributed by atoms with Crippen LogP contribution in [0.1, 0.15) is 36.7 Å². The summed E-state index contributed by atoms with van der Waals surface area (Å²) in [7, 11) is 0. The van der Waals surface area contributed by atoms with Crippen molar-refractivity contribution in [1.82, 2.24) is 5.32 Å². The molecule has 0 spiro atoms. The molecule has 0 heterocycles. The number of carbonyl (C=O) groups excluding carboxylic acids is 2. The van der Waals surface area contributed by atoms with Crippen LogP contribution in [0.3, 0.4) is 0 Å². The van der Waals surface area contributed by atoms with Crippen molar-refractivity contribution < 1.29 is 9.59 Å². The third kappa shape index (κ3) is 6.07. The summed E-state index contributed by atoms with van der Waals surface area (Å²) in [4.78, 5) is 24.6. The average molecular weight is 391 g/mol. The molecule has 4 nitrogen and oxygen atoms in total. The summed E-state index contributed by atoms with van der Waals surface area (Å²) in [5.41, 5.74) is 2.07. The van der Waals surface area contributed by atoms with Crippen molar-refractivity contribution in [3.63, 3.8) is 0 Å². The zero-order valence-corrected chi connectivity index (χ0v) is 16.7. The van der Waals surface area contributed by atoms with E-state index < -0.39 is 0 Å². The highest BCUT2D eigenvalue weighted by Gasteiger charge is 2.16. The van der Waals surface area contributed by atoms with Crippen LogP contribution in [0.25, 0.3) is 0 Å². The highest BCUT2D eigenvalue weighted by atomic mass is 35.5. The minimum atomic E-state index is -0.251. The maximum Gasteiger partial charge on any atom is 0.251 e. The molecule has 0 aliphatic rings. The van der Waals surface area contributed by atoms with Crippen molar-refractivity contribution >= 4 is 40.9 Å². The number of halogens is 1. The first kappa shape index (κ1) is 20.3. The summed E-state index contributed by atoms with van der Waals surface area (Å²) in [6.07, 6.45) is 0. The van der Waals surface area contributed by atoms with Gasteiger partial charge in [0.1, 0.15) is 0 Å². The summed E-state index contributed by atoms with van der Waals surface area (Å²) < 4.78 is 0. The quantitative estimate of drug-likeness (QED) is 0.717. The molecule has 2 amide bonds. The molecule has 138 valence electrons. The van der Waals surface area contributed by atoms with E-state index in [0.717, 1.165) is 5.75 Å². The molecule has 0 fully saturated rings. The standard InChI is InChI=1S/C20H23ClN2O2S/c1-13(2)22-20(25)16-9-10-17(21)18(11-16)23-19(24)14(3)26-12-15-7-5-4-6-8-15/h4-11,13-14H,12H2,1-3H3,(H,22,25)(H,23,24). The Labute approximate surface area is 163 Å². The van der Waals surface area contributed by atoms with E-state index in [2.05, 4.69) is 10.6 Å². The lowest BCUT2D eigenvalue weighted by atomic mass is 10.1. The summed E-state index contributed by atoms with van der Waals surface area (Å²) in [6.45, 7) is 5.64. The fourth-order valence-corrected chi connectivity index (χ4v) is 3.22. The Bertz CT molecular complexity index is 766. The van der Waals surface area contributed by atoms with E-state index in [-0.39, 0.29) is 23.1 Å². The summed E-state index contributed by atoms with van der Waals surface area (Å²) in [5.74, 6) is 0.410. The van der Waals surface area contributed by atoms with Gasteiger partial charge in [-0.2, -0.15) is 0 Å². The first-order chi connectivity index (χ1) is 12.4. The Morgan fingerprint density at radius 2 is 1.77 bits per heavy atom. The molecule has 0 aliphatic carbocycles. The van der Waals surface area contributed by atoms with Gasteiger partial charge in [-0.15, -0.1) is 11.8 Å². The minimum absolute atomic E-state index is 0.0330. The fraction of sp³-hybridized carbons (Fsp3) is 0.300. The molecular formula is C20H23ClN2O2S. The van der Waals surface area contributed by atoms with Crippen molar-refractivity contribution in [3.05, 3.63) is 64.7 Å². The molecule has 26 heavy (non-hydrogen) atoms. The predicted octanol–water partition coefficient (Wildman–Crippen LogP) is 4.74. The number of rotatable bonds is 7. The third-order valence-corrected chi connectivity index (χ3v) is 5.16. The second-order valence-corrected chi connectivity index (χ2v) is 7.99. The van der Waals surface area contributed by atoms with E-state index in [0.29, 0.717) is 16.3 Å². The van der Waals surface area contributed by atoms with Crippen LogP contribution < -0.4 is 10.6 Å². The van der Waals surface area contributed by atoms with Gasteiger partial charge in [-0.25, -0.2) is 0 Å². The van der Waals surface area contributed by atoms with Crippen LogP contribution in [0.2, 0.25) is 5.02 Å². The van der Waals surface area contributed by atoms with Gasteiger partial charge in [0.05, 0.1) is 16.0 Å². The predicted molar refractivity (Wildman–Crippen MR) is 110 cm³/mol. The minimum Gasteiger partial charge on any atom is -0.350 e. The molecular weight excluding hydrogens is 368 g/mol. The molecule has 0 radical (unpaired) electrons. The van der Waals surface area contributed by atoms with Crippen molar-refractivity contribution in [1.29, 1.82) is 0 Å². The van der Waals surface area contributed by atoms with Gasteiger partial charge in [-0.3, -0.25) is 9.59 Å². The van der Waals surface area contributed by atoms with Crippen LogP contribution in [0, 0.1) is 0 Å². The fourth-order valence-electron chi connectivity index (χ4n) is 2.21. The summed E-state index contributed by atoms with van der Waals surface area (Å²) in [5, 5.41) is 5.80. The number of carbonyl (C=O) groups is 2. The van der Waals surface area contributed by atoms with Gasteiger partial charge in [0.25, 0.3) is 5.91 Å². The monoisotopic (exact) mass is 390 g/mol. The molecule has 2 N–H and O–H groups in total. The van der Waals surface area contributed by atoms with Gasteiger partial charge in [0.2, 0.25) is 5.91 Å². The van der Waals surface area contributed by atoms with Crippen molar-refractivity contribution in [2.45, 2.75) is 37.8 Å². The van der Waals surface area contributed by atoms with Crippen LogP contribution in [-0.4, -0.2) is 23.1 Å². The van der Waals surface area contributed by atoms with Gasteiger partial charge in [0, 0.05) is 17.4 Å². The van der Waals surface area contributed by atoms with Gasteiger partial charge < -0.3 is 10.6 Å². The molecule has 1 atom stereocenters. The second kappa shape index (κ2) is 9.64. The van der Waals surface area contributed by atoms with Crippen molar-refractivity contribution in [3.8, 4) is 0 Å². The smallest absolute Gasteiger partial charge is 0.251 e. The first-order valence-corrected chi connectivity index (χ1v) is 9.86. The SMILES string of the molecule is CC(C)NC(=O)c1ccc(Cl)c(NC(=O)C(C)SCc2ccccc2)c1. The van der Waals surface area contributed by atoms with Crippen LogP contribution in [0.4, 0.5) is 5.69 Å². The lowest BCUT2D eigenvalue weighted by Crippen LogP contribution is -2.30. The lowest BCUT2D eigenvalue weighted by molar-refractivity contribution is -0.115. The number of hydrogen-bond acceptors (Lipinski definition) is 3. The number of benzene rings is 2. The summed E-state index contributed by atoms with van der Waals surface area (Å²) >= 11 is 7.72. The van der Waals surface area contributed by atoms with Crippen LogP contribution in [0.15, 0.2) is 48.5 Å². The molecule has 1 unspecified atom stereocenters. The third-order valence-electron chi connectivity index (χ3n) is 3.62. The van der Waals surface area contributed by atoms with Gasteiger partial charge in [0.15, 0.2) is 0 Å². The number of nitrogens with one attached hydrogen (secondary N) is 2. The molecule has 0 aliphatic heterocycles. The Kier molecular flexibility index (Phi) is 7.54. The first-order valence-electron chi connectivity index (χ1n) is 8.43. The Morgan fingerprint density at radius 1 is 1.08 bits per heavy atom. The van der Waals surface area contributed by atoms with Gasteiger partial charge >= 0.3 is 0 Å². The topological polar surface area (TPSA) is 58.2 Å². The highest BCUT2D eigenvalue weighted by Crippen LogP contribution is 2.25. The Balaban J connectivity index is 1.99.